The van der Waals surface area contributed by atoms with E-state index in [4.69, 9.17) is 0 Å². The average Bonchev–Trinajstić information content (AvgIpc) is 3.30. The molecule has 3 heterocycles. The molecule has 0 bridgehead atoms. The summed E-state index contributed by atoms with van der Waals surface area (Å²) >= 11 is 0. The van der Waals surface area contributed by atoms with Crippen molar-refractivity contribution in [2.75, 3.05) is 6.54 Å². The molecule has 1 aliphatic carbocycles. The van der Waals surface area contributed by atoms with Gasteiger partial charge in [0.25, 0.3) is 0 Å². The summed E-state index contributed by atoms with van der Waals surface area (Å²) < 4.78 is 3.94. The van der Waals surface area contributed by atoms with Crippen LogP contribution < -0.4 is 5.32 Å². The average molecular weight is 356 g/mol. The standard InChI is InChI=1S/C19H28N6O/c1-13-8-15(24(3)22-13)9-25-10-16(18-17(11-25)20-12-23(18)2)19(26)21-14-6-4-5-7-14/h8,12,14,16H,4-7,9-11H2,1-3H3,(H,21,26). The molecule has 0 aromatic carbocycles. The van der Waals surface area contributed by atoms with Crippen LogP contribution in [0.5, 0.6) is 0 Å². The highest BCUT2D eigenvalue weighted by molar-refractivity contribution is 5.84. The molecule has 0 radical (unpaired) electrons. The maximum atomic E-state index is 13.0. The Morgan fingerprint density at radius 2 is 2.08 bits per heavy atom. The van der Waals surface area contributed by atoms with Gasteiger partial charge in [-0.15, -0.1) is 0 Å². The van der Waals surface area contributed by atoms with E-state index in [1.54, 1.807) is 0 Å². The zero-order chi connectivity index (χ0) is 18.3. The maximum absolute atomic E-state index is 13.0. The summed E-state index contributed by atoms with van der Waals surface area (Å²) in [5.74, 6) is -0.0196. The van der Waals surface area contributed by atoms with E-state index in [0.29, 0.717) is 6.04 Å². The van der Waals surface area contributed by atoms with Crippen LogP contribution in [0.2, 0.25) is 0 Å². The highest BCUT2D eigenvalue weighted by Gasteiger charge is 2.35. The van der Waals surface area contributed by atoms with Crippen molar-refractivity contribution < 1.29 is 4.79 Å². The van der Waals surface area contributed by atoms with Gasteiger partial charge in [0, 0.05) is 39.8 Å². The van der Waals surface area contributed by atoms with Gasteiger partial charge < -0.3 is 9.88 Å². The number of aromatic nitrogens is 4. The van der Waals surface area contributed by atoms with Gasteiger partial charge in [-0.3, -0.25) is 14.4 Å². The van der Waals surface area contributed by atoms with Crippen molar-refractivity contribution in [2.24, 2.45) is 14.1 Å². The molecule has 2 aromatic rings. The molecule has 0 saturated heterocycles. The fourth-order valence-corrected chi connectivity index (χ4v) is 4.42. The molecular formula is C19H28N6O. The van der Waals surface area contributed by atoms with Gasteiger partial charge in [0.1, 0.15) is 0 Å². The number of carbonyl (C=O) groups is 1. The van der Waals surface area contributed by atoms with Gasteiger partial charge in [0.2, 0.25) is 5.91 Å². The quantitative estimate of drug-likeness (QED) is 0.904. The lowest BCUT2D eigenvalue weighted by molar-refractivity contribution is -0.124. The predicted octanol–water partition coefficient (Wildman–Crippen LogP) is 1.62. The lowest BCUT2D eigenvalue weighted by atomic mass is 9.96. The minimum atomic E-state index is -0.166. The molecule has 1 fully saturated rings. The Morgan fingerprint density at radius 1 is 1.31 bits per heavy atom. The lowest BCUT2D eigenvalue weighted by Gasteiger charge is -2.32. The topological polar surface area (TPSA) is 68.0 Å². The number of carbonyl (C=O) groups excluding carboxylic acids is 1. The predicted molar refractivity (Wildman–Crippen MR) is 98.4 cm³/mol. The van der Waals surface area contributed by atoms with Crippen molar-refractivity contribution in [3.8, 4) is 0 Å². The molecule has 7 nitrogen and oxygen atoms in total. The highest BCUT2D eigenvalue weighted by atomic mass is 16.2. The first-order chi connectivity index (χ1) is 12.5. The Labute approximate surface area is 154 Å². The highest BCUT2D eigenvalue weighted by Crippen LogP contribution is 2.29. The smallest absolute Gasteiger partial charge is 0.230 e. The second-order valence-corrected chi connectivity index (χ2v) is 7.80. The van der Waals surface area contributed by atoms with Crippen LogP contribution >= 0.6 is 0 Å². The molecule has 140 valence electrons. The number of aryl methyl sites for hydroxylation is 3. The number of nitrogens with one attached hydrogen (secondary N) is 1. The first kappa shape index (κ1) is 17.3. The zero-order valence-corrected chi connectivity index (χ0v) is 15.9. The number of hydrogen-bond acceptors (Lipinski definition) is 4. The normalized spacial score (nSPS) is 21.1. The number of hydrogen-bond donors (Lipinski definition) is 1. The first-order valence-electron chi connectivity index (χ1n) is 9.53. The summed E-state index contributed by atoms with van der Waals surface area (Å²) in [5.41, 5.74) is 4.27. The fraction of sp³-hybridized carbons (Fsp3) is 0.632. The molecule has 0 spiro atoms. The molecule has 1 aliphatic heterocycles. The Balaban J connectivity index is 1.54. The second kappa shape index (κ2) is 6.87. The second-order valence-electron chi connectivity index (χ2n) is 7.80. The van der Waals surface area contributed by atoms with E-state index in [2.05, 4.69) is 26.4 Å². The molecule has 2 aliphatic rings. The van der Waals surface area contributed by atoms with E-state index < -0.39 is 0 Å². The Hall–Kier alpha value is -2.15. The van der Waals surface area contributed by atoms with Gasteiger partial charge in [-0.1, -0.05) is 12.8 Å². The number of fused-ring (bicyclic) bond motifs is 1. The van der Waals surface area contributed by atoms with Crippen molar-refractivity contribution in [3.63, 3.8) is 0 Å². The van der Waals surface area contributed by atoms with Crippen LogP contribution in [0.25, 0.3) is 0 Å². The van der Waals surface area contributed by atoms with E-state index in [-0.39, 0.29) is 11.8 Å². The molecule has 2 aromatic heterocycles. The molecule has 1 saturated carbocycles. The number of amides is 1. The van der Waals surface area contributed by atoms with Crippen molar-refractivity contribution in [2.45, 2.75) is 57.7 Å². The van der Waals surface area contributed by atoms with Gasteiger partial charge in [-0.2, -0.15) is 5.10 Å². The van der Waals surface area contributed by atoms with Crippen LogP contribution in [0.4, 0.5) is 0 Å². The molecule has 4 rings (SSSR count). The van der Waals surface area contributed by atoms with Gasteiger partial charge in [-0.05, 0) is 25.8 Å². The Kier molecular flexibility index (Phi) is 4.56. The molecular weight excluding hydrogens is 328 g/mol. The first-order valence-corrected chi connectivity index (χ1v) is 9.53. The van der Waals surface area contributed by atoms with Gasteiger partial charge >= 0.3 is 0 Å². The third kappa shape index (κ3) is 3.28. The summed E-state index contributed by atoms with van der Waals surface area (Å²) in [5, 5.41) is 7.72. The summed E-state index contributed by atoms with van der Waals surface area (Å²) in [7, 11) is 3.96. The van der Waals surface area contributed by atoms with E-state index >= 15 is 0 Å². The number of nitrogens with zero attached hydrogens (tertiary/aromatic N) is 5. The molecule has 7 heteroatoms. The third-order valence-corrected chi connectivity index (χ3v) is 5.71. The zero-order valence-electron chi connectivity index (χ0n) is 15.9. The number of imidazole rings is 1. The van der Waals surface area contributed by atoms with Gasteiger partial charge in [-0.25, -0.2) is 4.98 Å². The fourth-order valence-electron chi connectivity index (χ4n) is 4.42. The Bertz CT molecular complexity index is 801. The molecule has 1 amide bonds. The third-order valence-electron chi connectivity index (χ3n) is 5.71. The molecule has 1 N–H and O–H groups in total. The van der Waals surface area contributed by atoms with Crippen LogP contribution in [-0.2, 0) is 32.0 Å². The van der Waals surface area contributed by atoms with Crippen molar-refractivity contribution >= 4 is 5.91 Å². The SMILES string of the molecule is Cc1cc(CN2Cc3ncn(C)c3C(C(=O)NC3CCCC3)C2)n(C)n1. The van der Waals surface area contributed by atoms with Crippen LogP contribution in [0.15, 0.2) is 12.4 Å². The van der Waals surface area contributed by atoms with Crippen molar-refractivity contribution in [1.29, 1.82) is 0 Å². The summed E-state index contributed by atoms with van der Waals surface area (Å²) in [6, 6.07) is 2.45. The van der Waals surface area contributed by atoms with Gasteiger partial charge in [0.15, 0.2) is 0 Å². The van der Waals surface area contributed by atoms with E-state index in [1.807, 2.05) is 36.6 Å². The van der Waals surface area contributed by atoms with E-state index in [0.717, 1.165) is 55.3 Å². The van der Waals surface area contributed by atoms with E-state index in [9.17, 15) is 4.79 Å². The largest absolute Gasteiger partial charge is 0.353 e. The van der Waals surface area contributed by atoms with Crippen LogP contribution in [-0.4, -0.2) is 42.7 Å². The van der Waals surface area contributed by atoms with Crippen molar-refractivity contribution in [1.82, 2.24) is 29.5 Å². The summed E-state index contributed by atoms with van der Waals surface area (Å²) in [6.45, 7) is 4.28. The van der Waals surface area contributed by atoms with Gasteiger partial charge in [0.05, 0.1) is 35.0 Å². The van der Waals surface area contributed by atoms with Crippen LogP contribution in [0.3, 0.4) is 0 Å². The minimum Gasteiger partial charge on any atom is -0.353 e. The van der Waals surface area contributed by atoms with Crippen molar-refractivity contribution in [3.05, 3.63) is 35.2 Å². The lowest BCUT2D eigenvalue weighted by Crippen LogP contribution is -2.44. The summed E-state index contributed by atoms with van der Waals surface area (Å²) in [4.78, 5) is 19.9. The molecule has 26 heavy (non-hydrogen) atoms. The van der Waals surface area contributed by atoms with E-state index in [1.165, 1.54) is 12.8 Å². The minimum absolute atomic E-state index is 0.146. The summed E-state index contributed by atoms with van der Waals surface area (Å²) in [6.07, 6.45) is 6.48. The molecule has 1 atom stereocenters. The molecule has 1 unspecified atom stereocenters. The Morgan fingerprint density at radius 3 is 2.77 bits per heavy atom. The van der Waals surface area contributed by atoms with Crippen LogP contribution in [0.1, 0.15) is 54.4 Å². The maximum Gasteiger partial charge on any atom is 0.230 e. The monoisotopic (exact) mass is 356 g/mol. The van der Waals surface area contributed by atoms with Crippen LogP contribution in [0, 0.1) is 6.92 Å². The number of rotatable bonds is 4.